The predicted octanol–water partition coefficient (Wildman–Crippen LogP) is 22.3. The first-order valence-corrected chi connectivity index (χ1v) is 44.0. The molecule has 0 aliphatic carbocycles. The Balaban J connectivity index is 0.000000139. The van der Waals surface area contributed by atoms with Crippen LogP contribution in [0.3, 0.4) is 0 Å². The number of fused-ring (bicyclic) bond motifs is 4. The number of alkyl halides is 12. The molecule has 145 heavy (non-hydrogen) atoms. The van der Waals surface area contributed by atoms with Gasteiger partial charge in [0.2, 0.25) is 23.5 Å². The first kappa shape index (κ1) is 101. The predicted molar refractivity (Wildman–Crippen MR) is 499 cm³/mol. The smallest absolute Gasteiger partial charge is 0.425 e. The minimum absolute atomic E-state index is 0.0276. The highest BCUT2D eigenvalue weighted by Gasteiger charge is 2.41. The maximum absolute atomic E-state index is 14.4. The Hall–Kier alpha value is -17.3. The number of nitrogens with one attached hydrogen (secondary N) is 1. The first-order chi connectivity index (χ1) is 69.3. The number of hydrogen-bond acceptors (Lipinski definition) is 23. The maximum atomic E-state index is 14.4. The minimum atomic E-state index is -4.86. The van der Waals surface area contributed by atoms with Gasteiger partial charge in [-0.15, -0.1) is 10.2 Å². The number of aromatic amines is 1. The van der Waals surface area contributed by atoms with Gasteiger partial charge in [0.15, 0.2) is 11.4 Å². The molecule has 11 heterocycles. The normalized spacial score (nSPS) is 11.6. The molecule has 0 amide bonds. The lowest BCUT2D eigenvalue weighted by Gasteiger charge is -2.17. The summed E-state index contributed by atoms with van der Waals surface area (Å²) in [4.78, 5) is 84.9. The van der Waals surface area contributed by atoms with Crippen LogP contribution < -0.4 is 45.9 Å². The summed E-state index contributed by atoms with van der Waals surface area (Å²) < 4.78 is 258. The van der Waals surface area contributed by atoms with E-state index < -0.39 is 122 Å². The zero-order chi connectivity index (χ0) is 103. The van der Waals surface area contributed by atoms with E-state index in [0.29, 0.717) is 40.1 Å². The van der Waals surface area contributed by atoms with E-state index in [1.807, 2.05) is 66.3 Å². The number of aromatic nitrogens is 17. The Morgan fingerprint density at radius 3 is 1.33 bits per heavy atom. The molecule has 19 aromatic rings. The standard InChI is InChI=1S/C26H17F3N4O2.C26H18F3N3O2S.C25H20F5N3O4.C24H16F5N7O2/c1-16-6-8-17(9-7-16)23-22(5-3-12-30-23)33-15-32-24(34)19-14-18(10-11-21(19)33)35-25-20(26(27,28)29)4-2-13-31-25;1-16-4-5-17(20(11-16)18-8-10-35-14-18)13-32-15-31-24(33)21-12-19(6-7-23(21)32)34-25-22(26(27,28)29)3-2-9-30-25;1-14-9-18(26)17(19(27)10-14)12-33-13-32-23(34)16-11-15(3-4-20(16)33)37-24-22(25(28,29)30)21(5-6-31-24)36-8-7-35-2;1-12-4-18(25)16(19(26)5-12)10-36-11-31-22(37)15-8-14(2-3-20(15)36)38-23-17(24(27,28)29)6-13(9-30-23)7-21-32-34-35-33-21/h2-15H,1H3;2-12,14-15H,13H2,1H3;3-6,9-11,13H,7-8,12H2,1-2H3;2-6,8-9,11H,7,10H2,1H3,(H,32,33,34,35). The molecule has 44 heteroatoms. The molecule has 0 saturated heterocycles. The second-order valence-corrected chi connectivity index (χ2v) is 32.9. The van der Waals surface area contributed by atoms with Gasteiger partial charge in [0.1, 0.15) is 81.6 Å². The van der Waals surface area contributed by atoms with Crippen LogP contribution in [0.5, 0.6) is 52.3 Å². The molecule has 11 aromatic heterocycles. The molecule has 0 aliphatic heterocycles. The molecule has 0 unspecified atom stereocenters. The van der Waals surface area contributed by atoms with Crippen molar-refractivity contribution in [2.24, 2.45) is 0 Å². The molecule has 0 radical (unpaired) electrons. The van der Waals surface area contributed by atoms with Crippen molar-refractivity contribution >= 4 is 54.9 Å². The lowest BCUT2D eigenvalue weighted by atomic mass is 9.99. The van der Waals surface area contributed by atoms with Gasteiger partial charge in [-0.05, 0) is 223 Å². The third-order valence-corrected chi connectivity index (χ3v) is 22.6. The number of benzene rings is 8. The van der Waals surface area contributed by atoms with Crippen molar-refractivity contribution in [3.8, 4) is 80.3 Å². The van der Waals surface area contributed by atoms with Gasteiger partial charge in [-0.2, -0.15) is 89.2 Å². The van der Waals surface area contributed by atoms with Crippen molar-refractivity contribution in [1.29, 1.82) is 0 Å². The van der Waals surface area contributed by atoms with Crippen molar-refractivity contribution in [2.45, 2.75) is 78.5 Å². The summed E-state index contributed by atoms with van der Waals surface area (Å²) in [5, 5.41) is 17.4. The van der Waals surface area contributed by atoms with E-state index in [9.17, 15) is 89.4 Å². The third-order valence-electron chi connectivity index (χ3n) is 21.9. The van der Waals surface area contributed by atoms with E-state index in [1.54, 1.807) is 54.1 Å². The molecule has 0 bridgehead atoms. The fourth-order valence-electron chi connectivity index (χ4n) is 15.1. The highest BCUT2D eigenvalue weighted by molar-refractivity contribution is 7.08. The minimum Gasteiger partial charge on any atom is -0.490 e. The fourth-order valence-corrected chi connectivity index (χ4v) is 15.8. The monoisotopic (exact) mass is 2020 g/mol. The van der Waals surface area contributed by atoms with Gasteiger partial charge in [0, 0.05) is 67.7 Å². The maximum Gasteiger partial charge on any atom is 0.425 e. The topological polar surface area (TPSA) is 314 Å². The lowest BCUT2D eigenvalue weighted by Crippen LogP contribution is -2.15. The Bertz CT molecular complexity index is 8260. The summed E-state index contributed by atoms with van der Waals surface area (Å²) in [6, 6.07) is 47.3. The van der Waals surface area contributed by atoms with Crippen LogP contribution in [0.2, 0.25) is 0 Å². The molecular formula is C101H71F16N17O10S. The summed E-state index contributed by atoms with van der Waals surface area (Å²) in [5.74, 6) is -6.22. The summed E-state index contributed by atoms with van der Waals surface area (Å²) in [6.07, 6.45) is -7.46. The molecule has 27 nitrogen and oxygen atoms in total. The Morgan fingerprint density at radius 1 is 0.400 bits per heavy atom. The SMILES string of the molecule is COCCOc1ccnc(Oc2ccc3c(c2)c(=O)ncn3Cc2c(F)cc(C)cc2F)c1C(F)(F)F.Cc1cc(F)c(Cn2cnc(=O)c3cc(Oc4ncc(Cc5nn[nH]n5)cc4C(F)(F)F)ccc32)c(F)c1.Cc1ccc(-c2ncccc2-n2cnc(=O)c3cc(Oc4ncccc4C(F)(F)F)ccc32)cc1.Cc1ccc(Cn2cnc(=O)c3cc(Oc4ncccc4C(F)(F)F)ccc32)c(-c2ccsc2)c1. The Morgan fingerprint density at radius 2 is 0.855 bits per heavy atom. The van der Waals surface area contributed by atoms with Crippen molar-refractivity contribution in [3.05, 3.63) is 398 Å². The molecule has 0 spiro atoms. The van der Waals surface area contributed by atoms with Gasteiger partial charge >= 0.3 is 24.7 Å². The van der Waals surface area contributed by atoms with Crippen LogP contribution in [0.25, 0.3) is 71.7 Å². The molecule has 8 aromatic carbocycles. The number of ether oxygens (including phenoxy) is 6. The number of tetrazole rings is 1. The van der Waals surface area contributed by atoms with Crippen LogP contribution in [0.4, 0.5) is 70.2 Å². The largest absolute Gasteiger partial charge is 0.490 e. The number of rotatable bonds is 23. The van der Waals surface area contributed by atoms with Crippen LogP contribution in [-0.2, 0) is 55.5 Å². The third kappa shape index (κ3) is 23.6. The number of pyridine rings is 5. The molecular weight excluding hydrogens is 1950 g/mol. The van der Waals surface area contributed by atoms with E-state index in [2.05, 4.69) is 83.0 Å². The lowest BCUT2D eigenvalue weighted by molar-refractivity contribution is -0.141. The van der Waals surface area contributed by atoms with Gasteiger partial charge in [-0.3, -0.25) is 28.7 Å². The average molecular weight is 2020 g/mol. The zero-order valence-corrected chi connectivity index (χ0v) is 76.6. The van der Waals surface area contributed by atoms with Gasteiger partial charge in [0.05, 0.1) is 93.7 Å². The fraction of sp³-hybridized carbons (Fsp3) is 0.149. The van der Waals surface area contributed by atoms with Crippen LogP contribution in [-0.4, -0.2) is 104 Å². The number of aryl methyl sites for hydroxylation is 4. The van der Waals surface area contributed by atoms with E-state index >= 15 is 0 Å². The summed E-state index contributed by atoms with van der Waals surface area (Å²) in [7, 11) is 1.38. The highest BCUT2D eigenvalue weighted by atomic mass is 32.1. The van der Waals surface area contributed by atoms with Crippen LogP contribution in [0, 0.1) is 51.0 Å². The van der Waals surface area contributed by atoms with E-state index in [4.69, 9.17) is 28.4 Å². The van der Waals surface area contributed by atoms with E-state index in [-0.39, 0.29) is 111 Å². The number of nitrogens with zero attached hydrogens (tertiary/aromatic N) is 16. The molecule has 0 saturated carbocycles. The summed E-state index contributed by atoms with van der Waals surface area (Å²) in [5.41, 5.74) is 2.99. The average Bonchev–Trinajstić information content (AvgIpc) is 0.836. The number of methoxy groups -OCH3 is 1. The van der Waals surface area contributed by atoms with Gasteiger partial charge in [-0.25, -0.2) is 37.5 Å². The summed E-state index contributed by atoms with van der Waals surface area (Å²) in [6.45, 7) is 6.96. The Kier molecular flexibility index (Phi) is 29.6. The second-order valence-electron chi connectivity index (χ2n) is 32.1. The van der Waals surface area contributed by atoms with Crippen molar-refractivity contribution < 1.29 is 98.7 Å². The van der Waals surface area contributed by atoms with Crippen LogP contribution in [0.1, 0.15) is 72.6 Å². The molecule has 0 fully saturated rings. The molecule has 0 aliphatic rings. The van der Waals surface area contributed by atoms with E-state index in [1.165, 1.54) is 145 Å². The number of thiophene rings is 1. The highest BCUT2D eigenvalue weighted by Crippen LogP contribution is 2.46. The summed E-state index contributed by atoms with van der Waals surface area (Å²) >= 11 is 1.61. The van der Waals surface area contributed by atoms with Crippen LogP contribution >= 0.6 is 11.3 Å². The van der Waals surface area contributed by atoms with Crippen LogP contribution in [0.15, 0.2) is 280 Å². The van der Waals surface area contributed by atoms with Gasteiger partial charge in [0.25, 0.3) is 22.2 Å². The molecule has 19 rings (SSSR count). The quantitative estimate of drug-likeness (QED) is 0.0459. The molecule has 1 N–H and O–H groups in total. The van der Waals surface area contributed by atoms with E-state index in [0.717, 1.165) is 76.5 Å². The van der Waals surface area contributed by atoms with Crippen molar-refractivity contribution in [1.82, 2.24) is 83.7 Å². The number of halogens is 16. The Labute approximate surface area is 811 Å². The second kappa shape index (κ2) is 42.6. The van der Waals surface area contributed by atoms with Crippen molar-refractivity contribution in [3.63, 3.8) is 0 Å². The number of hydrogen-bond donors (Lipinski definition) is 1. The van der Waals surface area contributed by atoms with Crippen molar-refractivity contribution in [2.75, 3.05) is 20.3 Å². The molecule has 738 valence electrons. The first-order valence-electron chi connectivity index (χ1n) is 43.0. The number of H-pyrrole nitrogens is 1. The zero-order valence-electron chi connectivity index (χ0n) is 75.8. The molecule has 0 atom stereocenters. The van der Waals surface area contributed by atoms with Gasteiger partial charge in [-0.1, -0.05) is 58.8 Å². The van der Waals surface area contributed by atoms with Gasteiger partial charge < -0.3 is 42.1 Å².